The molecule has 158 valence electrons. The Morgan fingerprint density at radius 3 is 2.57 bits per heavy atom. The number of pyridine rings is 1. The molecule has 30 heavy (non-hydrogen) atoms. The van der Waals surface area contributed by atoms with Gasteiger partial charge in [0.2, 0.25) is 5.88 Å². The lowest BCUT2D eigenvalue weighted by molar-refractivity contribution is -0.148. The van der Waals surface area contributed by atoms with Gasteiger partial charge >= 0.3 is 5.97 Å². The molecule has 0 radical (unpaired) electrons. The molecule has 0 atom stereocenters. The molecule has 0 aliphatic heterocycles. The highest BCUT2D eigenvalue weighted by atomic mass is 35.5. The Labute approximate surface area is 179 Å². The number of aryl methyl sites for hydroxylation is 3. The molecule has 2 heterocycles. The standard InChI is InChI=1S/C21H23ClN4O4/c1-13-9-14(2)23-20-19(13)21(24-25(20)3)30-12-17(27)26(11-18(28)29-4)10-15-5-7-16(22)8-6-15/h5-9H,10-12H2,1-4H3. The highest BCUT2D eigenvalue weighted by Crippen LogP contribution is 2.27. The van der Waals surface area contributed by atoms with Crippen LogP contribution in [0, 0.1) is 13.8 Å². The van der Waals surface area contributed by atoms with Gasteiger partial charge in [-0.15, -0.1) is 5.10 Å². The van der Waals surface area contributed by atoms with E-state index in [4.69, 9.17) is 21.1 Å². The Hall–Kier alpha value is -3.13. The van der Waals surface area contributed by atoms with Crippen LogP contribution in [0.1, 0.15) is 16.8 Å². The molecule has 9 heteroatoms. The van der Waals surface area contributed by atoms with Gasteiger partial charge in [0, 0.05) is 24.3 Å². The number of hydrogen-bond acceptors (Lipinski definition) is 6. The molecule has 3 rings (SSSR count). The molecule has 0 aliphatic rings. The summed E-state index contributed by atoms with van der Waals surface area (Å²) in [4.78, 5) is 30.5. The van der Waals surface area contributed by atoms with E-state index in [0.29, 0.717) is 16.5 Å². The summed E-state index contributed by atoms with van der Waals surface area (Å²) in [6.07, 6.45) is 0. The number of amides is 1. The SMILES string of the molecule is COC(=O)CN(Cc1ccc(Cl)cc1)C(=O)COc1nn(C)c2nc(C)cc(C)c12. The predicted octanol–water partition coefficient (Wildman–Crippen LogP) is 2.82. The topological polar surface area (TPSA) is 86.5 Å². The van der Waals surface area contributed by atoms with Gasteiger partial charge in [-0.3, -0.25) is 9.59 Å². The minimum absolute atomic E-state index is 0.190. The van der Waals surface area contributed by atoms with E-state index >= 15 is 0 Å². The van der Waals surface area contributed by atoms with Crippen LogP contribution in [0.25, 0.3) is 11.0 Å². The lowest BCUT2D eigenvalue weighted by Crippen LogP contribution is -2.38. The first-order chi connectivity index (χ1) is 14.3. The monoisotopic (exact) mass is 430 g/mol. The first-order valence-electron chi connectivity index (χ1n) is 9.31. The normalized spacial score (nSPS) is 10.8. The second-order valence-corrected chi connectivity index (χ2v) is 7.39. The molecule has 0 aliphatic carbocycles. The number of aromatic nitrogens is 3. The van der Waals surface area contributed by atoms with E-state index in [-0.39, 0.29) is 25.6 Å². The number of benzene rings is 1. The van der Waals surface area contributed by atoms with Crippen molar-refractivity contribution in [2.75, 3.05) is 20.3 Å². The quantitative estimate of drug-likeness (QED) is 0.536. The van der Waals surface area contributed by atoms with Crippen LogP contribution in [-0.2, 0) is 27.9 Å². The van der Waals surface area contributed by atoms with Crippen LogP contribution >= 0.6 is 11.6 Å². The molecular formula is C21H23ClN4O4. The first-order valence-corrected chi connectivity index (χ1v) is 9.69. The van der Waals surface area contributed by atoms with Crippen molar-refractivity contribution in [3.8, 4) is 5.88 Å². The number of esters is 1. The van der Waals surface area contributed by atoms with E-state index in [9.17, 15) is 9.59 Å². The Balaban J connectivity index is 1.78. The van der Waals surface area contributed by atoms with Crippen molar-refractivity contribution in [2.45, 2.75) is 20.4 Å². The number of hydrogen-bond donors (Lipinski definition) is 0. The maximum Gasteiger partial charge on any atom is 0.325 e. The van der Waals surface area contributed by atoms with E-state index < -0.39 is 5.97 Å². The molecule has 8 nitrogen and oxygen atoms in total. The molecule has 0 spiro atoms. The van der Waals surface area contributed by atoms with Gasteiger partial charge in [0.1, 0.15) is 6.54 Å². The number of rotatable bonds is 7. The van der Waals surface area contributed by atoms with Crippen molar-refractivity contribution in [3.05, 3.63) is 52.2 Å². The molecule has 0 unspecified atom stereocenters. The number of fused-ring (bicyclic) bond motifs is 1. The number of carbonyl (C=O) groups excluding carboxylic acids is 2. The molecule has 1 aromatic carbocycles. The van der Waals surface area contributed by atoms with Gasteiger partial charge in [-0.05, 0) is 43.2 Å². The van der Waals surface area contributed by atoms with Crippen molar-refractivity contribution in [1.29, 1.82) is 0 Å². The van der Waals surface area contributed by atoms with Crippen LogP contribution in [0.4, 0.5) is 0 Å². The third-order valence-corrected chi connectivity index (χ3v) is 4.86. The van der Waals surface area contributed by atoms with Crippen LogP contribution in [0.2, 0.25) is 5.02 Å². The van der Waals surface area contributed by atoms with Crippen molar-refractivity contribution in [1.82, 2.24) is 19.7 Å². The van der Waals surface area contributed by atoms with Crippen LogP contribution in [0.15, 0.2) is 30.3 Å². The first kappa shape index (κ1) is 21.6. The van der Waals surface area contributed by atoms with Gasteiger partial charge in [0.25, 0.3) is 5.91 Å². The zero-order valence-electron chi connectivity index (χ0n) is 17.3. The van der Waals surface area contributed by atoms with E-state index in [1.165, 1.54) is 12.0 Å². The summed E-state index contributed by atoms with van der Waals surface area (Å²) < 4.78 is 12.1. The van der Waals surface area contributed by atoms with Crippen LogP contribution in [0.3, 0.4) is 0 Å². The highest BCUT2D eigenvalue weighted by Gasteiger charge is 2.21. The fourth-order valence-electron chi connectivity index (χ4n) is 3.13. The number of ether oxygens (including phenoxy) is 2. The fourth-order valence-corrected chi connectivity index (χ4v) is 3.26. The fraction of sp³-hybridized carbons (Fsp3) is 0.333. The molecule has 2 aromatic heterocycles. The van der Waals surface area contributed by atoms with Gasteiger partial charge in [-0.1, -0.05) is 23.7 Å². The molecule has 1 amide bonds. The largest absolute Gasteiger partial charge is 0.468 e. The summed E-state index contributed by atoms with van der Waals surface area (Å²) in [5.41, 5.74) is 3.34. The summed E-state index contributed by atoms with van der Waals surface area (Å²) in [5.74, 6) is -0.557. The van der Waals surface area contributed by atoms with Gasteiger partial charge < -0.3 is 14.4 Å². The molecule has 0 N–H and O–H groups in total. The molecule has 3 aromatic rings. The summed E-state index contributed by atoms with van der Waals surface area (Å²) in [7, 11) is 3.05. The van der Waals surface area contributed by atoms with E-state index in [1.54, 1.807) is 36.0 Å². The smallest absolute Gasteiger partial charge is 0.325 e. The molecular weight excluding hydrogens is 408 g/mol. The summed E-state index contributed by atoms with van der Waals surface area (Å²) in [6.45, 7) is 3.60. The number of methoxy groups -OCH3 is 1. The second-order valence-electron chi connectivity index (χ2n) is 6.95. The van der Waals surface area contributed by atoms with Crippen LogP contribution in [0.5, 0.6) is 5.88 Å². The Morgan fingerprint density at radius 2 is 1.90 bits per heavy atom. The minimum atomic E-state index is -0.517. The maximum absolute atomic E-state index is 12.8. The highest BCUT2D eigenvalue weighted by molar-refractivity contribution is 6.30. The van der Waals surface area contributed by atoms with Crippen molar-refractivity contribution in [3.63, 3.8) is 0 Å². The van der Waals surface area contributed by atoms with Gasteiger partial charge in [-0.2, -0.15) is 0 Å². The lowest BCUT2D eigenvalue weighted by Gasteiger charge is -2.21. The lowest BCUT2D eigenvalue weighted by atomic mass is 10.2. The number of halogens is 1. The number of nitrogens with zero attached hydrogens (tertiary/aromatic N) is 4. The van der Waals surface area contributed by atoms with Crippen molar-refractivity contribution >= 4 is 34.5 Å². The van der Waals surface area contributed by atoms with Crippen molar-refractivity contribution in [2.24, 2.45) is 7.05 Å². The molecule has 0 saturated heterocycles. The Kier molecular flexibility index (Phi) is 6.56. The van der Waals surface area contributed by atoms with E-state index in [2.05, 4.69) is 10.1 Å². The van der Waals surface area contributed by atoms with Crippen LogP contribution in [-0.4, -0.2) is 51.8 Å². The second kappa shape index (κ2) is 9.13. The number of carbonyl (C=O) groups is 2. The van der Waals surface area contributed by atoms with Gasteiger partial charge in [0.05, 0.1) is 12.5 Å². The van der Waals surface area contributed by atoms with Crippen molar-refractivity contribution < 1.29 is 19.1 Å². The summed E-state index contributed by atoms with van der Waals surface area (Å²) in [5, 5.41) is 5.70. The Morgan fingerprint density at radius 1 is 1.20 bits per heavy atom. The molecule has 0 saturated carbocycles. The third-order valence-electron chi connectivity index (χ3n) is 4.61. The van der Waals surface area contributed by atoms with Crippen LogP contribution < -0.4 is 4.74 Å². The third kappa shape index (κ3) is 4.88. The average Bonchev–Trinajstić information content (AvgIpc) is 3.02. The zero-order valence-corrected chi connectivity index (χ0v) is 18.1. The summed E-state index contributed by atoms with van der Waals surface area (Å²) in [6, 6.07) is 8.98. The minimum Gasteiger partial charge on any atom is -0.468 e. The average molecular weight is 431 g/mol. The van der Waals surface area contributed by atoms with E-state index in [1.807, 2.05) is 19.9 Å². The van der Waals surface area contributed by atoms with Gasteiger partial charge in [0.15, 0.2) is 12.3 Å². The Bertz CT molecular complexity index is 1080. The maximum atomic E-state index is 12.8. The molecule has 0 fully saturated rings. The molecule has 0 bridgehead atoms. The predicted molar refractivity (Wildman–Crippen MR) is 112 cm³/mol. The van der Waals surface area contributed by atoms with E-state index in [0.717, 1.165) is 22.2 Å². The van der Waals surface area contributed by atoms with Gasteiger partial charge in [-0.25, -0.2) is 9.67 Å². The summed E-state index contributed by atoms with van der Waals surface area (Å²) >= 11 is 5.92. The zero-order chi connectivity index (χ0) is 21.8.